The second-order valence-electron chi connectivity index (χ2n) is 8.97. The Balaban J connectivity index is 1.43. The Morgan fingerprint density at radius 3 is 2.62 bits per heavy atom. The fraction of sp³-hybridized carbons (Fsp3) is 0.200. The zero-order valence-corrected chi connectivity index (χ0v) is 19.5. The molecule has 2 atom stereocenters. The molecule has 0 saturated heterocycles. The van der Waals surface area contributed by atoms with Gasteiger partial charge < -0.3 is 10.1 Å². The van der Waals surface area contributed by atoms with Gasteiger partial charge in [0.25, 0.3) is 0 Å². The van der Waals surface area contributed by atoms with Crippen LogP contribution in [-0.2, 0) is 17.8 Å². The van der Waals surface area contributed by atoms with Gasteiger partial charge in [-0.25, -0.2) is 4.79 Å². The maximum absolute atomic E-state index is 12.9. The molecule has 1 aromatic heterocycles. The number of aryl methyl sites for hydroxylation is 2. The lowest BCUT2D eigenvalue weighted by atomic mass is 9.80. The summed E-state index contributed by atoms with van der Waals surface area (Å²) in [4.78, 5) is 17.5. The first-order valence-electron chi connectivity index (χ1n) is 11.7. The Labute approximate surface area is 200 Å². The molecule has 4 nitrogen and oxygen atoms in total. The van der Waals surface area contributed by atoms with Crippen LogP contribution in [0, 0.1) is 19.8 Å². The van der Waals surface area contributed by atoms with E-state index in [2.05, 4.69) is 72.7 Å². The number of rotatable bonds is 5. The van der Waals surface area contributed by atoms with Crippen LogP contribution in [0.3, 0.4) is 0 Å². The highest BCUT2D eigenvalue weighted by Crippen LogP contribution is 2.36. The number of alkyl carbamates (subject to hydrolysis) is 1. The zero-order valence-electron chi connectivity index (χ0n) is 19.5. The maximum Gasteiger partial charge on any atom is 0.407 e. The molecule has 1 N–H and O–H groups in total. The highest BCUT2D eigenvalue weighted by Gasteiger charge is 2.29. The molecule has 4 heteroatoms. The summed E-state index contributed by atoms with van der Waals surface area (Å²) in [5, 5.41) is 4.30. The normalized spacial score (nSPS) is 16.8. The Kier molecular flexibility index (Phi) is 6.13. The second kappa shape index (κ2) is 9.52. The van der Waals surface area contributed by atoms with Gasteiger partial charge in [-0.15, -0.1) is 0 Å². The number of hydrogen-bond donors (Lipinski definition) is 1. The van der Waals surface area contributed by atoms with E-state index >= 15 is 0 Å². The molecule has 0 spiro atoms. The number of nitrogens with zero attached hydrogens (tertiary/aromatic N) is 1. The number of fused-ring (bicyclic) bond motifs is 2. The number of ether oxygens (including phenoxy) is 1. The summed E-state index contributed by atoms with van der Waals surface area (Å²) in [6.07, 6.45) is 6.58. The van der Waals surface area contributed by atoms with Crippen molar-refractivity contribution in [3.05, 3.63) is 118 Å². The number of amides is 1. The van der Waals surface area contributed by atoms with E-state index in [0.29, 0.717) is 0 Å². The number of aromatic nitrogens is 1. The Morgan fingerprint density at radius 1 is 0.971 bits per heavy atom. The SMILES string of the molecule is Cc1cc2c(cc1C)[C@@H](NC(=O)OCc1ccccc1)[C@@H](Cc1cccc3cccnc13)C=C2. The fourth-order valence-electron chi connectivity index (χ4n) is 4.69. The van der Waals surface area contributed by atoms with E-state index in [4.69, 9.17) is 4.74 Å². The smallest absolute Gasteiger partial charge is 0.407 e. The minimum atomic E-state index is -0.408. The standard InChI is InChI=1S/C30H28N2O2/c1-20-16-24-13-14-26(18-25-11-6-10-23-12-7-15-31-28(23)25)29(27(24)17-21(20)2)32-30(33)34-19-22-8-4-3-5-9-22/h3-17,26,29H,18-19H2,1-2H3,(H,32,33)/t26-,29+/m1/s1. The lowest BCUT2D eigenvalue weighted by Crippen LogP contribution is -2.35. The van der Waals surface area contributed by atoms with E-state index in [9.17, 15) is 4.79 Å². The van der Waals surface area contributed by atoms with Crippen LogP contribution in [0.4, 0.5) is 4.79 Å². The predicted molar refractivity (Wildman–Crippen MR) is 136 cm³/mol. The topological polar surface area (TPSA) is 51.2 Å². The van der Waals surface area contributed by atoms with Gasteiger partial charge in [0.1, 0.15) is 6.61 Å². The van der Waals surface area contributed by atoms with Crippen molar-refractivity contribution < 1.29 is 9.53 Å². The van der Waals surface area contributed by atoms with E-state index in [-0.39, 0.29) is 18.6 Å². The van der Waals surface area contributed by atoms with Crippen LogP contribution in [0.5, 0.6) is 0 Å². The molecule has 1 heterocycles. The van der Waals surface area contributed by atoms with E-state index < -0.39 is 6.09 Å². The Bertz CT molecular complexity index is 1360. The summed E-state index contributed by atoms with van der Waals surface area (Å²) >= 11 is 0. The van der Waals surface area contributed by atoms with E-state index in [0.717, 1.165) is 34.0 Å². The predicted octanol–water partition coefficient (Wildman–Crippen LogP) is 6.70. The Hall–Kier alpha value is -3.92. The molecule has 34 heavy (non-hydrogen) atoms. The third-order valence-corrected chi connectivity index (χ3v) is 6.64. The molecule has 0 radical (unpaired) electrons. The van der Waals surface area contributed by atoms with Crippen LogP contribution in [0.1, 0.15) is 39.4 Å². The molecule has 0 saturated carbocycles. The molecule has 0 aliphatic heterocycles. The van der Waals surface area contributed by atoms with Gasteiger partial charge in [-0.3, -0.25) is 4.98 Å². The largest absolute Gasteiger partial charge is 0.445 e. The van der Waals surface area contributed by atoms with Crippen LogP contribution in [-0.4, -0.2) is 11.1 Å². The van der Waals surface area contributed by atoms with Crippen LogP contribution >= 0.6 is 0 Å². The van der Waals surface area contributed by atoms with Crippen molar-refractivity contribution in [3.63, 3.8) is 0 Å². The third-order valence-electron chi connectivity index (χ3n) is 6.64. The first-order chi connectivity index (χ1) is 16.6. The van der Waals surface area contributed by atoms with Crippen molar-refractivity contribution >= 4 is 23.1 Å². The van der Waals surface area contributed by atoms with Gasteiger partial charge in [0.2, 0.25) is 0 Å². The van der Waals surface area contributed by atoms with Gasteiger partial charge in [-0.1, -0.05) is 78.9 Å². The first kappa shape index (κ1) is 21.9. The van der Waals surface area contributed by atoms with E-state index in [1.54, 1.807) is 0 Å². The summed E-state index contributed by atoms with van der Waals surface area (Å²) in [7, 11) is 0. The molecule has 3 aromatic carbocycles. The quantitative estimate of drug-likeness (QED) is 0.369. The minimum absolute atomic E-state index is 0.0755. The van der Waals surface area contributed by atoms with E-state index in [1.165, 1.54) is 16.7 Å². The number of benzene rings is 3. The molecule has 1 aliphatic rings. The highest BCUT2D eigenvalue weighted by molar-refractivity contribution is 5.81. The molecule has 0 bridgehead atoms. The molecule has 0 fully saturated rings. The van der Waals surface area contributed by atoms with Crippen molar-refractivity contribution in [2.45, 2.75) is 32.9 Å². The summed E-state index contributed by atoms with van der Waals surface area (Å²) in [5.74, 6) is 0.0755. The molecular weight excluding hydrogens is 420 g/mol. The lowest BCUT2D eigenvalue weighted by molar-refractivity contribution is 0.133. The summed E-state index contributed by atoms with van der Waals surface area (Å²) in [6.45, 7) is 4.48. The van der Waals surface area contributed by atoms with Gasteiger partial charge in [0.05, 0.1) is 11.6 Å². The lowest BCUT2D eigenvalue weighted by Gasteiger charge is -2.31. The number of para-hydroxylation sites is 1. The number of nitrogens with one attached hydrogen (secondary N) is 1. The van der Waals surface area contributed by atoms with Gasteiger partial charge in [0, 0.05) is 17.5 Å². The molecule has 1 amide bonds. The van der Waals surface area contributed by atoms with Crippen LogP contribution in [0.25, 0.3) is 17.0 Å². The second-order valence-corrected chi connectivity index (χ2v) is 8.97. The number of carbonyl (C=O) groups is 1. The maximum atomic E-state index is 12.9. The van der Waals surface area contributed by atoms with Crippen LogP contribution in [0.2, 0.25) is 0 Å². The van der Waals surface area contributed by atoms with Gasteiger partial charge in [-0.05, 0) is 59.7 Å². The van der Waals surface area contributed by atoms with Crippen LogP contribution < -0.4 is 5.32 Å². The summed E-state index contributed by atoms with van der Waals surface area (Å²) in [6, 6.07) is 24.3. The highest BCUT2D eigenvalue weighted by atomic mass is 16.5. The molecule has 4 aromatic rings. The van der Waals surface area contributed by atoms with Crippen LogP contribution in [0.15, 0.2) is 85.1 Å². The van der Waals surface area contributed by atoms with Crippen molar-refractivity contribution in [1.29, 1.82) is 0 Å². The first-order valence-corrected chi connectivity index (χ1v) is 11.7. The van der Waals surface area contributed by atoms with Crippen molar-refractivity contribution in [1.82, 2.24) is 10.3 Å². The average Bonchev–Trinajstić information content (AvgIpc) is 2.86. The third kappa shape index (κ3) is 4.58. The zero-order chi connectivity index (χ0) is 23.5. The van der Waals surface area contributed by atoms with Gasteiger partial charge in [0.15, 0.2) is 0 Å². The van der Waals surface area contributed by atoms with Gasteiger partial charge >= 0.3 is 6.09 Å². The number of carbonyl (C=O) groups excluding carboxylic acids is 1. The monoisotopic (exact) mass is 448 g/mol. The minimum Gasteiger partial charge on any atom is -0.445 e. The van der Waals surface area contributed by atoms with Crippen molar-refractivity contribution in [3.8, 4) is 0 Å². The number of hydrogen-bond acceptors (Lipinski definition) is 3. The average molecular weight is 449 g/mol. The fourth-order valence-corrected chi connectivity index (χ4v) is 4.69. The molecule has 170 valence electrons. The summed E-state index contributed by atoms with van der Waals surface area (Å²) in [5.41, 5.74) is 7.87. The van der Waals surface area contributed by atoms with E-state index in [1.807, 2.05) is 42.6 Å². The molecular formula is C30H28N2O2. The van der Waals surface area contributed by atoms with Crippen molar-refractivity contribution in [2.24, 2.45) is 5.92 Å². The molecule has 5 rings (SSSR count). The number of pyridine rings is 1. The summed E-state index contributed by atoms with van der Waals surface area (Å²) < 4.78 is 5.58. The Morgan fingerprint density at radius 2 is 1.76 bits per heavy atom. The molecule has 0 unspecified atom stereocenters. The van der Waals surface area contributed by atoms with Gasteiger partial charge in [-0.2, -0.15) is 0 Å². The molecule has 1 aliphatic carbocycles. The van der Waals surface area contributed by atoms with Crippen molar-refractivity contribution in [2.75, 3.05) is 0 Å².